The number of ether oxygens (including phenoxy) is 4. The molecular weight excluding hydrogens is 176 g/mol. The summed E-state index contributed by atoms with van der Waals surface area (Å²) in [7, 11) is 0. The van der Waals surface area contributed by atoms with Gasteiger partial charge in [-0.15, -0.1) is 0 Å². The van der Waals surface area contributed by atoms with Gasteiger partial charge in [-0.1, -0.05) is 0 Å². The van der Waals surface area contributed by atoms with E-state index in [0.717, 1.165) is 0 Å². The van der Waals surface area contributed by atoms with Crippen LogP contribution in [0.1, 0.15) is 6.92 Å². The molecule has 76 valence electrons. The molecule has 5 heteroatoms. The number of aliphatic hydroxyl groups excluding tert-OH is 1. The van der Waals surface area contributed by atoms with Gasteiger partial charge < -0.3 is 24.1 Å². The van der Waals surface area contributed by atoms with Crippen LogP contribution in [0.3, 0.4) is 0 Å². The number of rotatable bonds is 1. The largest absolute Gasteiger partial charge is 0.391 e. The average molecular weight is 190 g/mol. The molecule has 0 aromatic heterocycles. The van der Waals surface area contributed by atoms with Crippen molar-refractivity contribution in [3.8, 4) is 0 Å². The van der Waals surface area contributed by atoms with E-state index in [1.54, 1.807) is 6.92 Å². The normalized spacial score (nSPS) is 42.5. The molecule has 13 heavy (non-hydrogen) atoms. The zero-order valence-corrected chi connectivity index (χ0v) is 7.51. The van der Waals surface area contributed by atoms with Crippen molar-refractivity contribution in [2.24, 2.45) is 0 Å². The topological polar surface area (TPSA) is 57.2 Å². The van der Waals surface area contributed by atoms with E-state index in [2.05, 4.69) is 0 Å². The van der Waals surface area contributed by atoms with Crippen molar-refractivity contribution in [1.29, 1.82) is 0 Å². The summed E-state index contributed by atoms with van der Waals surface area (Å²) in [6.07, 6.45) is -1.17. The Morgan fingerprint density at radius 3 is 2.85 bits per heavy atom. The summed E-state index contributed by atoms with van der Waals surface area (Å²) in [6.45, 7) is 2.64. The van der Waals surface area contributed by atoms with Gasteiger partial charge >= 0.3 is 0 Å². The van der Waals surface area contributed by atoms with Crippen LogP contribution in [0, 0.1) is 0 Å². The van der Waals surface area contributed by atoms with E-state index >= 15 is 0 Å². The lowest BCUT2D eigenvalue weighted by molar-refractivity contribution is -0.312. The third-order valence-corrected chi connectivity index (χ3v) is 2.33. The second kappa shape index (κ2) is 3.89. The van der Waals surface area contributed by atoms with Gasteiger partial charge in [-0.3, -0.25) is 0 Å². The molecule has 2 fully saturated rings. The first-order valence-electron chi connectivity index (χ1n) is 4.39. The van der Waals surface area contributed by atoms with Gasteiger partial charge in [0.25, 0.3) is 0 Å². The standard InChI is InChI=1S/C8H14O5/c1-5(9)7-8-6(11-4-13-7)2-10-3-12-8/h5-9H,2-4H2,1H3. The van der Waals surface area contributed by atoms with Crippen LogP contribution in [-0.4, -0.2) is 49.7 Å². The SMILES string of the molecule is CC(O)C1OCOC2COCOC21. The van der Waals surface area contributed by atoms with Crippen LogP contribution < -0.4 is 0 Å². The molecule has 5 nitrogen and oxygen atoms in total. The van der Waals surface area contributed by atoms with Crippen LogP contribution in [-0.2, 0) is 18.9 Å². The highest BCUT2D eigenvalue weighted by Gasteiger charge is 2.40. The molecule has 0 bridgehead atoms. The summed E-state index contributed by atoms with van der Waals surface area (Å²) >= 11 is 0. The van der Waals surface area contributed by atoms with Gasteiger partial charge in [-0.05, 0) is 6.92 Å². The van der Waals surface area contributed by atoms with Crippen LogP contribution in [0.2, 0.25) is 0 Å². The van der Waals surface area contributed by atoms with Crippen molar-refractivity contribution >= 4 is 0 Å². The van der Waals surface area contributed by atoms with Gasteiger partial charge in [0.2, 0.25) is 0 Å². The summed E-state index contributed by atoms with van der Waals surface area (Å²) in [5.74, 6) is 0. The predicted octanol–water partition coefficient (Wildman–Crippen LogP) is -0.518. The Morgan fingerprint density at radius 2 is 2.08 bits per heavy atom. The molecule has 0 aromatic rings. The molecule has 0 aromatic carbocycles. The highest BCUT2D eigenvalue weighted by Crippen LogP contribution is 2.23. The van der Waals surface area contributed by atoms with Gasteiger partial charge in [0.15, 0.2) is 0 Å². The van der Waals surface area contributed by atoms with Crippen LogP contribution in [0.25, 0.3) is 0 Å². The van der Waals surface area contributed by atoms with E-state index < -0.39 is 6.10 Å². The Hall–Kier alpha value is -0.200. The van der Waals surface area contributed by atoms with Crippen LogP contribution in [0.15, 0.2) is 0 Å². The minimum Gasteiger partial charge on any atom is -0.391 e. The molecular formula is C8H14O5. The van der Waals surface area contributed by atoms with E-state index in [-0.39, 0.29) is 31.9 Å². The van der Waals surface area contributed by atoms with E-state index in [9.17, 15) is 5.11 Å². The number of hydrogen-bond acceptors (Lipinski definition) is 5. The third kappa shape index (κ3) is 1.84. The van der Waals surface area contributed by atoms with Gasteiger partial charge in [0, 0.05) is 0 Å². The molecule has 4 unspecified atom stereocenters. The zero-order valence-electron chi connectivity index (χ0n) is 7.51. The predicted molar refractivity (Wildman–Crippen MR) is 42.0 cm³/mol. The highest BCUT2D eigenvalue weighted by molar-refractivity contribution is 4.86. The number of fused-ring (bicyclic) bond motifs is 1. The molecule has 1 N–H and O–H groups in total. The molecule has 2 aliphatic rings. The minimum absolute atomic E-state index is 0.109. The third-order valence-electron chi connectivity index (χ3n) is 2.33. The summed E-state index contributed by atoms with van der Waals surface area (Å²) in [4.78, 5) is 0. The number of aliphatic hydroxyl groups is 1. The first-order valence-corrected chi connectivity index (χ1v) is 4.39. The molecule has 2 heterocycles. The quantitative estimate of drug-likeness (QED) is 0.603. The molecule has 0 amide bonds. The van der Waals surface area contributed by atoms with Crippen molar-refractivity contribution in [1.82, 2.24) is 0 Å². The lowest BCUT2D eigenvalue weighted by Crippen LogP contribution is -2.56. The molecule has 2 rings (SSSR count). The van der Waals surface area contributed by atoms with Gasteiger partial charge in [0.1, 0.15) is 31.9 Å². The maximum atomic E-state index is 9.41. The summed E-state index contributed by atoms with van der Waals surface area (Å²) < 4.78 is 20.9. The minimum atomic E-state index is -0.547. The van der Waals surface area contributed by atoms with Crippen molar-refractivity contribution in [2.45, 2.75) is 31.3 Å². The maximum absolute atomic E-state index is 9.41. The monoisotopic (exact) mass is 190 g/mol. The first kappa shape index (κ1) is 9.36. The van der Waals surface area contributed by atoms with Crippen LogP contribution >= 0.6 is 0 Å². The Labute approximate surface area is 76.5 Å². The fourth-order valence-electron chi connectivity index (χ4n) is 1.66. The molecule has 0 aliphatic carbocycles. The summed E-state index contributed by atoms with van der Waals surface area (Å²) in [5.41, 5.74) is 0. The highest BCUT2D eigenvalue weighted by atomic mass is 16.7. The van der Waals surface area contributed by atoms with E-state index in [1.807, 2.05) is 0 Å². The lowest BCUT2D eigenvalue weighted by atomic mass is 10.0. The van der Waals surface area contributed by atoms with Crippen molar-refractivity contribution in [3.63, 3.8) is 0 Å². The van der Waals surface area contributed by atoms with Crippen molar-refractivity contribution in [2.75, 3.05) is 20.2 Å². The van der Waals surface area contributed by atoms with E-state index in [0.29, 0.717) is 6.61 Å². The van der Waals surface area contributed by atoms with Crippen LogP contribution in [0.5, 0.6) is 0 Å². The second-order valence-electron chi connectivity index (χ2n) is 3.31. The van der Waals surface area contributed by atoms with Gasteiger partial charge in [-0.25, -0.2) is 0 Å². The number of hydrogen-bond donors (Lipinski definition) is 1. The van der Waals surface area contributed by atoms with E-state index in [1.165, 1.54) is 0 Å². The molecule has 0 saturated carbocycles. The smallest absolute Gasteiger partial charge is 0.147 e. The van der Waals surface area contributed by atoms with Crippen molar-refractivity contribution < 1.29 is 24.1 Å². The fourth-order valence-corrected chi connectivity index (χ4v) is 1.66. The molecule has 0 radical (unpaired) electrons. The Bertz CT molecular complexity index is 170. The summed E-state index contributed by atoms with van der Waals surface area (Å²) in [5, 5.41) is 9.41. The Kier molecular flexibility index (Phi) is 2.80. The van der Waals surface area contributed by atoms with Crippen molar-refractivity contribution in [3.05, 3.63) is 0 Å². The van der Waals surface area contributed by atoms with E-state index in [4.69, 9.17) is 18.9 Å². The maximum Gasteiger partial charge on any atom is 0.147 e. The second-order valence-corrected chi connectivity index (χ2v) is 3.31. The molecule has 0 spiro atoms. The Morgan fingerprint density at radius 1 is 1.23 bits per heavy atom. The van der Waals surface area contributed by atoms with Crippen LogP contribution in [0.4, 0.5) is 0 Å². The summed E-state index contributed by atoms with van der Waals surface area (Å²) in [6, 6.07) is 0. The lowest BCUT2D eigenvalue weighted by Gasteiger charge is -2.41. The molecule has 2 saturated heterocycles. The first-order chi connectivity index (χ1) is 6.29. The molecule has 4 atom stereocenters. The Balaban J connectivity index is 2.02. The zero-order chi connectivity index (χ0) is 9.26. The molecule has 2 aliphatic heterocycles. The van der Waals surface area contributed by atoms with Gasteiger partial charge in [0.05, 0.1) is 12.7 Å². The average Bonchev–Trinajstić information content (AvgIpc) is 2.17. The van der Waals surface area contributed by atoms with Gasteiger partial charge in [-0.2, -0.15) is 0 Å². The fraction of sp³-hybridized carbons (Fsp3) is 1.00.